The highest BCUT2D eigenvalue weighted by molar-refractivity contribution is 5.03. The molecule has 2 heterocycles. The number of hydrogen-bond acceptors (Lipinski definition) is 3. The van der Waals surface area contributed by atoms with Gasteiger partial charge in [0.1, 0.15) is 0 Å². The highest BCUT2D eigenvalue weighted by Crippen LogP contribution is 2.10. The van der Waals surface area contributed by atoms with Crippen LogP contribution in [0.15, 0.2) is 23.0 Å². The lowest BCUT2D eigenvalue weighted by molar-refractivity contribution is 0.0210. The number of piperidine rings is 1. The molecule has 0 saturated carbocycles. The van der Waals surface area contributed by atoms with Crippen molar-refractivity contribution < 1.29 is 9.15 Å². The van der Waals surface area contributed by atoms with Gasteiger partial charge in [0.25, 0.3) is 0 Å². The Bertz CT molecular complexity index is 227. The van der Waals surface area contributed by atoms with E-state index in [0.29, 0.717) is 12.7 Å². The Morgan fingerprint density at radius 2 is 2.31 bits per heavy atom. The lowest BCUT2D eigenvalue weighted by Gasteiger charge is -2.22. The molecule has 1 aliphatic heterocycles. The fourth-order valence-electron chi connectivity index (χ4n) is 1.55. The van der Waals surface area contributed by atoms with Crippen LogP contribution in [0.3, 0.4) is 0 Å². The van der Waals surface area contributed by atoms with E-state index in [4.69, 9.17) is 9.15 Å². The van der Waals surface area contributed by atoms with E-state index < -0.39 is 0 Å². The van der Waals surface area contributed by atoms with Crippen molar-refractivity contribution in [1.82, 2.24) is 5.32 Å². The maximum Gasteiger partial charge on any atom is 0.0957 e. The van der Waals surface area contributed by atoms with Gasteiger partial charge in [-0.1, -0.05) is 0 Å². The van der Waals surface area contributed by atoms with Crippen molar-refractivity contribution in [3.8, 4) is 0 Å². The number of nitrogens with one attached hydrogen (secondary N) is 1. The van der Waals surface area contributed by atoms with E-state index in [1.165, 1.54) is 0 Å². The van der Waals surface area contributed by atoms with Crippen molar-refractivity contribution in [3.63, 3.8) is 0 Å². The molecule has 0 amide bonds. The first kappa shape index (κ1) is 8.78. The first-order valence-corrected chi connectivity index (χ1v) is 4.78. The Balaban J connectivity index is 1.72. The summed E-state index contributed by atoms with van der Waals surface area (Å²) in [6.45, 7) is 2.84. The zero-order valence-electron chi connectivity index (χ0n) is 7.66. The van der Waals surface area contributed by atoms with E-state index in [-0.39, 0.29) is 0 Å². The normalized spacial score (nSPS) is 19.1. The molecule has 72 valence electrons. The maximum absolute atomic E-state index is 5.73. The molecule has 1 aliphatic rings. The van der Waals surface area contributed by atoms with Crippen LogP contribution in [0.5, 0.6) is 0 Å². The molecule has 1 aromatic rings. The molecule has 0 aliphatic carbocycles. The van der Waals surface area contributed by atoms with E-state index in [2.05, 4.69) is 5.32 Å². The zero-order chi connectivity index (χ0) is 8.93. The van der Waals surface area contributed by atoms with Gasteiger partial charge in [-0.25, -0.2) is 0 Å². The molecule has 3 heteroatoms. The molecule has 0 spiro atoms. The molecule has 1 N–H and O–H groups in total. The standard InChI is InChI=1S/C10H15NO2/c1-4-11-5-2-10(1)13-8-9-3-6-12-7-9/h3,6-7,10-11H,1-2,4-5,8H2. The molecule has 1 saturated heterocycles. The van der Waals surface area contributed by atoms with Gasteiger partial charge >= 0.3 is 0 Å². The van der Waals surface area contributed by atoms with Gasteiger partial charge in [-0.15, -0.1) is 0 Å². The maximum atomic E-state index is 5.73. The summed E-state index contributed by atoms with van der Waals surface area (Å²) in [4.78, 5) is 0. The van der Waals surface area contributed by atoms with Crippen LogP contribution in [0.1, 0.15) is 18.4 Å². The molecule has 0 aromatic carbocycles. The van der Waals surface area contributed by atoms with Gasteiger partial charge in [-0.05, 0) is 32.0 Å². The minimum Gasteiger partial charge on any atom is -0.472 e. The van der Waals surface area contributed by atoms with Gasteiger partial charge in [0.15, 0.2) is 0 Å². The summed E-state index contributed by atoms with van der Waals surface area (Å²) in [6.07, 6.45) is 6.09. The highest BCUT2D eigenvalue weighted by Gasteiger charge is 2.12. The van der Waals surface area contributed by atoms with Crippen molar-refractivity contribution in [1.29, 1.82) is 0 Å². The first-order valence-electron chi connectivity index (χ1n) is 4.78. The molecule has 0 bridgehead atoms. The van der Waals surface area contributed by atoms with E-state index >= 15 is 0 Å². The second-order valence-corrected chi connectivity index (χ2v) is 3.39. The largest absolute Gasteiger partial charge is 0.472 e. The molecule has 1 fully saturated rings. The number of hydrogen-bond donors (Lipinski definition) is 1. The van der Waals surface area contributed by atoms with Gasteiger partial charge in [0, 0.05) is 5.56 Å². The van der Waals surface area contributed by atoms with Gasteiger partial charge in [-0.2, -0.15) is 0 Å². The highest BCUT2D eigenvalue weighted by atomic mass is 16.5. The fraction of sp³-hybridized carbons (Fsp3) is 0.600. The Morgan fingerprint density at radius 1 is 1.46 bits per heavy atom. The molecule has 1 aromatic heterocycles. The van der Waals surface area contributed by atoms with E-state index in [0.717, 1.165) is 31.5 Å². The predicted octanol–water partition coefficient (Wildman–Crippen LogP) is 1.55. The van der Waals surface area contributed by atoms with Crippen LogP contribution in [0.25, 0.3) is 0 Å². The summed E-state index contributed by atoms with van der Waals surface area (Å²) in [5.41, 5.74) is 1.12. The summed E-state index contributed by atoms with van der Waals surface area (Å²) >= 11 is 0. The van der Waals surface area contributed by atoms with Crippen LogP contribution < -0.4 is 5.32 Å². The third-order valence-corrected chi connectivity index (χ3v) is 2.35. The Kier molecular flexibility index (Phi) is 3.00. The van der Waals surface area contributed by atoms with Crippen LogP contribution in [-0.4, -0.2) is 19.2 Å². The fourth-order valence-corrected chi connectivity index (χ4v) is 1.55. The topological polar surface area (TPSA) is 34.4 Å². The predicted molar refractivity (Wildman–Crippen MR) is 49.4 cm³/mol. The molecule has 13 heavy (non-hydrogen) atoms. The summed E-state index contributed by atoms with van der Waals surface area (Å²) in [6, 6.07) is 1.95. The van der Waals surface area contributed by atoms with E-state index in [1.807, 2.05) is 6.07 Å². The molecule has 2 rings (SSSR count). The van der Waals surface area contributed by atoms with Crippen LogP contribution in [0.2, 0.25) is 0 Å². The van der Waals surface area contributed by atoms with E-state index in [9.17, 15) is 0 Å². The average molecular weight is 181 g/mol. The molecule has 0 atom stereocenters. The third kappa shape index (κ3) is 2.57. The van der Waals surface area contributed by atoms with Crippen LogP contribution >= 0.6 is 0 Å². The van der Waals surface area contributed by atoms with Crippen molar-refractivity contribution >= 4 is 0 Å². The van der Waals surface area contributed by atoms with Crippen LogP contribution in [-0.2, 0) is 11.3 Å². The smallest absolute Gasteiger partial charge is 0.0957 e. The summed E-state index contributed by atoms with van der Waals surface area (Å²) in [5, 5.41) is 3.31. The Hall–Kier alpha value is -0.800. The monoisotopic (exact) mass is 181 g/mol. The summed E-state index contributed by atoms with van der Waals surface area (Å²) in [7, 11) is 0. The van der Waals surface area contributed by atoms with Crippen molar-refractivity contribution in [2.75, 3.05) is 13.1 Å². The zero-order valence-corrected chi connectivity index (χ0v) is 7.66. The van der Waals surface area contributed by atoms with E-state index in [1.54, 1.807) is 12.5 Å². The van der Waals surface area contributed by atoms with Gasteiger partial charge < -0.3 is 14.5 Å². The SMILES string of the molecule is c1cc(COC2CCNCC2)co1. The lowest BCUT2D eigenvalue weighted by atomic mass is 10.1. The third-order valence-electron chi connectivity index (χ3n) is 2.35. The molecular weight excluding hydrogens is 166 g/mol. The number of rotatable bonds is 3. The van der Waals surface area contributed by atoms with Gasteiger partial charge in [0.05, 0.1) is 25.2 Å². The lowest BCUT2D eigenvalue weighted by Crippen LogP contribution is -2.32. The second kappa shape index (κ2) is 4.44. The quantitative estimate of drug-likeness (QED) is 0.768. The second-order valence-electron chi connectivity index (χ2n) is 3.39. The number of furan rings is 1. The van der Waals surface area contributed by atoms with Crippen LogP contribution in [0, 0.1) is 0 Å². The number of ether oxygens (including phenoxy) is 1. The van der Waals surface area contributed by atoms with Crippen molar-refractivity contribution in [3.05, 3.63) is 24.2 Å². The van der Waals surface area contributed by atoms with Crippen molar-refractivity contribution in [2.45, 2.75) is 25.6 Å². The summed E-state index contributed by atoms with van der Waals surface area (Å²) < 4.78 is 10.7. The molecule has 3 nitrogen and oxygen atoms in total. The Morgan fingerprint density at radius 3 is 3.00 bits per heavy atom. The van der Waals surface area contributed by atoms with Crippen LogP contribution in [0.4, 0.5) is 0 Å². The van der Waals surface area contributed by atoms with Gasteiger partial charge in [-0.3, -0.25) is 0 Å². The molecular formula is C10H15NO2. The average Bonchev–Trinajstić information content (AvgIpc) is 2.69. The molecule has 0 radical (unpaired) electrons. The van der Waals surface area contributed by atoms with Gasteiger partial charge in [0.2, 0.25) is 0 Å². The first-order chi connectivity index (χ1) is 6.45. The minimum absolute atomic E-state index is 0.427. The minimum atomic E-state index is 0.427. The molecule has 0 unspecified atom stereocenters. The summed E-state index contributed by atoms with van der Waals surface area (Å²) in [5.74, 6) is 0. The Labute approximate surface area is 78.1 Å². The van der Waals surface area contributed by atoms with Crippen molar-refractivity contribution in [2.24, 2.45) is 0 Å².